The molecule has 2 aliphatic rings. The van der Waals surface area contributed by atoms with Crippen LogP contribution in [0.3, 0.4) is 0 Å². The maximum atomic E-state index is 13.0. The standard InChI is InChI=1S/C39H27N5O12S4/c45-37-32-4-2-1-3-31(32)34(59(51,52)53)21-33(37)43-41-25-7-5-22(6-8-25)39(47)40-24-9-13-27(14-10-24)57-28-15-11-26(12-16-28)42-44-36-30-18-17-29(58(48,49)50)19-23(30)20-35(38(36)46)60(54,55)56/h1-21,41-42H,(H,40,47)(H,48,49,50)(H,51,52,53)(H,54,55,56)/b43-33+,44-36+. The summed E-state index contributed by atoms with van der Waals surface area (Å²) < 4.78 is 99.7. The third-order valence-corrected chi connectivity index (χ3v) is 12.4. The van der Waals surface area contributed by atoms with E-state index in [1.54, 1.807) is 60.7 Å². The van der Waals surface area contributed by atoms with Gasteiger partial charge in [0, 0.05) is 37.7 Å². The van der Waals surface area contributed by atoms with Crippen LogP contribution in [0.1, 0.15) is 37.4 Å². The van der Waals surface area contributed by atoms with Gasteiger partial charge in [-0.3, -0.25) is 38.9 Å². The van der Waals surface area contributed by atoms with Gasteiger partial charge >= 0.3 is 0 Å². The van der Waals surface area contributed by atoms with E-state index in [1.807, 2.05) is 0 Å². The molecule has 60 heavy (non-hydrogen) atoms. The van der Waals surface area contributed by atoms with Gasteiger partial charge in [-0.2, -0.15) is 35.5 Å². The molecule has 0 aromatic heterocycles. The smallest absolute Gasteiger partial charge is 0.298 e. The summed E-state index contributed by atoms with van der Waals surface area (Å²) in [4.78, 5) is 38.4. The third-order valence-electron chi connectivity index (χ3n) is 8.75. The second kappa shape index (κ2) is 16.2. The van der Waals surface area contributed by atoms with Crippen LogP contribution in [0.15, 0.2) is 151 Å². The van der Waals surface area contributed by atoms with Crippen LogP contribution < -0.4 is 16.2 Å². The van der Waals surface area contributed by atoms with E-state index in [2.05, 4.69) is 26.4 Å². The lowest BCUT2D eigenvalue weighted by Gasteiger charge is -2.17. The van der Waals surface area contributed by atoms with Crippen LogP contribution in [0, 0.1) is 0 Å². The van der Waals surface area contributed by atoms with Crippen molar-refractivity contribution in [2.75, 3.05) is 16.2 Å². The summed E-state index contributed by atoms with van der Waals surface area (Å²) in [6, 6.07) is 28.9. The minimum absolute atomic E-state index is 0.0536. The molecule has 304 valence electrons. The average molecular weight is 886 g/mol. The number of Topliss-reactive ketones (excluding diaryl/α,β-unsaturated/α-hetero) is 2. The van der Waals surface area contributed by atoms with E-state index in [-0.39, 0.29) is 28.0 Å². The van der Waals surface area contributed by atoms with Crippen LogP contribution in [-0.2, 0) is 35.1 Å². The van der Waals surface area contributed by atoms with Gasteiger partial charge in [-0.25, -0.2) is 0 Å². The number of amides is 1. The quantitative estimate of drug-likeness (QED) is 0.0670. The molecule has 0 bridgehead atoms. The molecule has 0 saturated heterocycles. The zero-order chi connectivity index (χ0) is 43.0. The molecule has 0 saturated carbocycles. The number of benzene rings is 5. The first-order chi connectivity index (χ1) is 28.3. The van der Waals surface area contributed by atoms with Gasteiger partial charge in [-0.1, -0.05) is 42.1 Å². The molecule has 7 rings (SSSR count). The molecule has 5 aromatic rings. The van der Waals surface area contributed by atoms with E-state index in [4.69, 9.17) is 0 Å². The summed E-state index contributed by atoms with van der Waals surface area (Å²) in [5.41, 5.74) is 6.36. The number of ketones is 2. The Hall–Kier alpha value is -6.59. The summed E-state index contributed by atoms with van der Waals surface area (Å²) in [5, 5.41) is 10.9. The Morgan fingerprint density at radius 2 is 1.10 bits per heavy atom. The monoisotopic (exact) mass is 885 g/mol. The number of nitrogens with one attached hydrogen (secondary N) is 3. The molecule has 0 aliphatic heterocycles. The van der Waals surface area contributed by atoms with Gasteiger partial charge in [0.25, 0.3) is 36.3 Å². The third kappa shape index (κ3) is 9.16. The Morgan fingerprint density at radius 1 is 0.550 bits per heavy atom. The first kappa shape index (κ1) is 41.6. The molecule has 17 nitrogen and oxygen atoms in total. The topological polar surface area (TPSA) is 275 Å². The van der Waals surface area contributed by atoms with Crippen LogP contribution in [0.2, 0.25) is 0 Å². The van der Waals surface area contributed by atoms with Crippen molar-refractivity contribution in [3.63, 3.8) is 0 Å². The fourth-order valence-electron chi connectivity index (χ4n) is 5.87. The van der Waals surface area contributed by atoms with Gasteiger partial charge in [0.2, 0.25) is 11.6 Å². The Balaban J connectivity index is 0.961. The number of rotatable bonds is 11. The average Bonchev–Trinajstić information content (AvgIpc) is 3.20. The summed E-state index contributed by atoms with van der Waals surface area (Å²) in [6.45, 7) is 0. The molecule has 2 aliphatic carbocycles. The molecule has 5 aromatic carbocycles. The molecule has 0 radical (unpaired) electrons. The maximum absolute atomic E-state index is 13.0. The van der Waals surface area contributed by atoms with Crippen LogP contribution in [-0.4, -0.2) is 67.8 Å². The summed E-state index contributed by atoms with van der Waals surface area (Å²) in [5.74, 6) is -2.09. The zero-order valence-electron chi connectivity index (χ0n) is 30.2. The number of hydrogen-bond donors (Lipinski definition) is 6. The van der Waals surface area contributed by atoms with Crippen LogP contribution >= 0.6 is 11.8 Å². The van der Waals surface area contributed by atoms with Gasteiger partial charge in [0.05, 0.1) is 16.3 Å². The Morgan fingerprint density at radius 3 is 1.68 bits per heavy atom. The predicted octanol–water partition coefficient (Wildman–Crippen LogP) is 5.86. The van der Waals surface area contributed by atoms with Crippen molar-refractivity contribution < 1.29 is 53.3 Å². The highest BCUT2D eigenvalue weighted by molar-refractivity contribution is 7.99. The predicted molar refractivity (Wildman–Crippen MR) is 224 cm³/mol. The van der Waals surface area contributed by atoms with Gasteiger partial charge in [0.1, 0.15) is 21.2 Å². The number of hydrogen-bond acceptors (Lipinski definition) is 14. The molecule has 6 N–H and O–H groups in total. The molecule has 0 fully saturated rings. The van der Waals surface area contributed by atoms with Crippen molar-refractivity contribution in [3.05, 3.63) is 154 Å². The van der Waals surface area contributed by atoms with Gasteiger partial charge in [-0.15, -0.1) is 0 Å². The van der Waals surface area contributed by atoms with Crippen molar-refractivity contribution >= 4 is 99.1 Å². The number of carbonyl (C=O) groups excluding carboxylic acids is 3. The van der Waals surface area contributed by atoms with Crippen LogP contribution in [0.5, 0.6) is 0 Å². The van der Waals surface area contributed by atoms with Gasteiger partial charge in [0.15, 0.2) is 0 Å². The molecule has 0 atom stereocenters. The first-order valence-corrected chi connectivity index (χ1v) is 22.1. The number of hydrazone groups is 2. The SMILES string of the molecule is O=C1C(S(=O)(=O)O)=Cc2cc(S(=O)(=O)O)ccc2/C1=N\Nc1ccc(Sc2ccc(NC(=O)c3ccc(N/N=C4\C=C(S(=O)(=O)O)c5ccccc5C4=O)cc3)cc2)cc1. The Labute approximate surface area is 345 Å². The number of allylic oxidation sites excluding steroid dienone is 2. The number of anilines is 3. The molecule has 0 unspecified atom stereocenters. The Kier molecular flexibility index (Phi) is 11.2. The van der Waals surface area contributed by atoms with Crippen LogP contribution in [0.25, 0.3) is 11.0 Å². The van der Waals surface area contributed by atoms with Gasteiger partial charge < -0.3 is 5.32 Å². The molecule has 0 heterocycles. The first-order valence-electron chi connectivity index (χ1n) is 17.0. The normalized spacial score (nSPS) is 15.4. The molecular weight excluding hydrogens is 859 g/mol. The lowest BCUT2D eigenvalue weighted by molar-refractivity contribution is -0.109. The summed E-state index contributed by atoms with van der Waals surface area (Å²) in [6.07, 6.45) is 1.78. The van der Waals surface area contributed by atoms with E-state index in [0.717, 1.165) is 34.1 Å². The number of carbonyl (C=O) groups is 3. The van der Waals surface area contributed by atoms with Gasteiger partial charge in [-0.05, 0) is 103 Å². The fraction of sp³-hybridized carbons (Fsp3) is 0. The van der Waals surface area contributed by atoms with E-state index in [0.29, 0.717) is 22.6 Å². The highest BCUT2D eigenvalue weighted by Crippen LogP contribution is 2.32. The van der Waals surface area contributed by atoms with Crippen molar-refractivity contribution in [1.29, 1.82) is 0 Å². The maximum Gasteiger partial charge on any atom is 0.298 e. The van der Waals surface area contributed by atoms with E-state index in [9.17, 15) is 53.3 Å². The number of nitrogens with zero attached hydrogens (tertiary/aromatic N) is 2. The van der Waals surface area contributed by atoms with Crippen molar-refractivity contribution in [3.8, 4) is 0 Å². The number of fused-ring (bicyclic) bond motifs is 2. The van der Waals surface area contributed by atoms with Crippen LogP contribution in [0.4, 0.5) is 17.1 Å². The fourth-order valence-corrected chi connectivity index (χ4v) is 8.52. The van der Waals surface area contributed by atoms with Crippen molar-refractivity contribution in [2.45, 2.75) is 14.7 Å². The van der Waals surface area contributed by atoms with E-state index < -0.39 is 68.2 Å². The lowest BCUT2D eigenvalue weighted by atomic mass is 9.94. The Bertz CT molecular complexity index is 3090. The van der Waals surface area contributed by atoms with E-state index in [1.165, 1.54) is 54.2 Å². The van der Waals surface area contributed by atoms with E-state index >= 15 is 0 Å². The zero-order valence-corrected chi connectivity index (χ0v) is 33.4. The molecule has 21 heteroatoms. The molecule has 0 spiro atoms. The van der Waals surface area contributed by atoms with Crippen molar-refractivity contribution in [1.82, 2.24) is 0 Å². The highest BCUT2D eigenvalue weighted by atomic mass is 32.2. The summed E-state index contributed by atoms with van der Waals surface area (Å²) in [7, 11) is -14.3. The second-order valence-electron chi connectivity index (χ2n) is 12.8. The minimum atomic E-state index is -5.02. The highest BCUT2D eigenvalue weighted by Gasteiger charge is 2.34. The lowest BCUT2D eigenvalue weighted by Crippen LogP contribution is -2.27. The second-order valence-corrected chi connectivity index (χ2v) is 18.1. The largest absolute Gasteiger partial charge is 0.322 e. The molecule has 1 amide bonds. The minimum Gasteiger partial charge on any atom is -0.322 e. The van der Waals surface area contributed by atoms with Crippen molar-refractivity contribution in [2.24, 2.45) is 10.2 Å². The summed E-state index contributed by atoms with van der Waals surface area (Å²) >= 11 is 1.39. The molecular formula is C39H27N5O12S4.